The number of benzene rings is 2. The van der Waals surface area contributed by atoms with Crippen LogP contribution < -0.4 is 10.6 Å². The predicted molar refractivity (Wildman–Crippen MR) is 97.6 cm³/mol. The topological polar surface area (TPSA) is 84.5 Å². The number of carbonyl (C=O) groups is 3. The average molecular weight is 375 g/mol. The van der Waals surface area contributed by atoms with Gasteiger partial charge in [-0.2, -0.15) is 0 Å². The van der Waals surface area contributed by atoms with Gasteiger partial charge >= 0.3 is 5.97 Å². The molecule has 6 nitrogen and oxygen atoms in total. The maximum absolute atomic E-state index is 11.9. The zero-order valence-electron chi connectivity index (χ0n) is 14.0. The monoisotopic (exact) mass is 374 g/mol. The molecule has 0 aliphatic heterocycles. The zero-order chi connectivity index (χ0) is 18.8. The van der Waals surface area contributed by atoms with Crippen LogP contribution in [0.5, 0.6) is 0 Å². The zero-order valence-corrected chi connectivity index (χ0v) is 14.8. The third-order valence-corrected chi connectivity index (χ3v) is 3.67. The van der Waals surface area contributed by atoms with Gasteiger partial charge in [0, 0.05) is 23.6 Å². The van der Waals surface area contributed by atoms with Crippen LogP contribution in [0.25, 0.3) is 0 Å². The van der Waals surface area contributed by atoms with Crippen LogP contribution >= 0.6 is 11.6 Å². The summed E-state index contributed by atoms with van der Waals surface area (Å²) in [6, 6.07) is 15.7. The summed E-state index contributed by atoms with van der Waals surface area (Å²) in [5.74, 6) is -1.16. The number of hydrogen-bond donors (Lipinski definition) is 2. The number of halogens is 1. The van der Waals surface area contributed by atoms with Gasteiger partial charge in [0.2, 0.25) is 5.91 Å². The summed E-state index contributed by atoms with van der Waals surface area (Å²) < 4.78 is 5.05. The highest BCUT2D eigenvalue weighted by molar-refractivity contribution is 6.30. The smallest absolute Gasteiger partial charge is 0.325 e. The first kappa shape index (κ1) is 19.5. The fourth-order valence-corrected chi connectivity index (χ4v) is 2.17. The molecule has 0 aliphatic rings. The lowest BCUT2D eigenvalue weighted by molar-refractivity contribution is -0.145. The fourth-order valence-electron chi connectivity index (χ4n) is 2.04. The van der Waals surface area contributed by atoms with Crippen molar-refractivity contribution < 1.29 is 19.1 Å². The predicted octanol–water partition coefficient (Wildman–Crippen LogP) is 2.32. The molecule has 136 valence electrons. The minimum absolute atomic E-state index is 0.0608. The van der Waals surface area contributed by atoms with E-state index in [9.17, 15) is 14.4 Å². The molecule has 0 aromatic heterocycles. The van der Waals surface area contributed by atoms with Gasteiger partial charge in [-0.1, -0.05) is 41.9 Å². The molecule has 2 rings (SSSR count). The maximum Gasteiger partial charge on any atom is 0.325 e. The molecule has 2 N–H and O–H groups in total. The second-order valence-corrected chi connectivity index (χ2v) is 5.87. The van der Waals surface area contributed by atoms with E-state index in [1.54, 1.807) is 24.3 Å². The van der Waals surface area contributed by atoms with E-state index in [-0.39, 0.29) is 37.9 Å². The Morgan fingerprint density at radius 3 is 2.31 bits per heavy atom. The Morgan fingerprint density at radius 1 is 0.923 bits per heavy atom. The summed E-state index contributed by atoms with van der Waals surface area (Å²) in [5.41, 5.74) is 1.33. The van der Waals surface area contributed by atoms with E-state index in [1.807, 2.05) is 30.3 Å². The molecule has 0 bridgehead atoms. The molecule has 2 aromatic rings. The number of esters is 1. The lowest BCUT2D eigenvalue weighted by atomic mass is 10.2. The van der Waals surface area contributed by atoms with Gasteiger partial charge in [0.25, 0.3) is 5.91 Å². The van der Waals surface area contributed by atoms with Crippen molar-refractivity contribution in [3.63, 3.8) is 0 Å². The summed E-state index contributed by atoms with van der Waals surface area (Å²) in [6.45, 7) is 0.107. The Labute approximate surface area is 156 Å². The van der Waals surface area contributed by atoms with Crippen molar-refractivity contribution in [2.24, 2.45) is 0 Å². The van der Waals surface area contributed by atoms with Crippen molar-refractivity contribution in [3.05, 3.63) is 70.7 Å². The van der Waals surface area contributed by atoms with Gasteiger partial charge in [-0.05, 0) is 29.8 Å². The van der Waals surface area contributed by atoms with E-state index in [4.69, 9.17) is 16.3 Å². The second-order valence-electron chi connectivity index (χ2n) is 5.44. The number of hydrogen-bond acceptors (Lipinski definition) is 4. The summed E-state index contributed by atoms with van der Waals surface area (Å²) >= 11 is 5.76. The first-order valence-electron chi connectivity index (χ1n) is 8.04. The van der Waals surface area contributed by atoms with Crippen LogP contribution in [0.2, 0.25) is 5.02 Å². The van der Waals surface area contributed by atoms with E-state index < -0.39 is 5.97 Å². The lowest BCUT2D eigenvalue weighted by Crippen LogP contribution is -2.34. The SMILES string of the molecule is O=C(CCNC(=O)c1ccc(Cl)cc1)NCC(=O)OCc1ccccc1. The minimum atomic E-state index is -0.521. The molecule has 26 heavy (non-hydrogen) atoms. The summed E-state index contributed by atoms with van der Waals surface area (Å²) in [5, 5.41) is 5.62. The summed E-state index contributed by atoms with van der Waals surface area (Å²) in [7, 11) is 0. The Morgan fingerprint density at radius 2 is 1.62 bits per heavy atom. The van der Waals surface area contributed by atoms with Gasteiger partial charge in [0.05, 0.1) is 0 Å². The van der Waals surface area contributed by atoms with Crippen molar-refractivity contribution in [1.29, 1.82) is 0 Å². The Balaban J connectivity index is 1.60. The van der Waals surface area contributed by atoms with Gasteiger partial charge in [0.1, 0.15) is 13.2 Å². The first-order chi connectivity index (χ1) is 12.5. The molecule has 0 atom stereocenters. The number of amides is 2. The van der Waals surface area contributed by atoms with Crippen molar-refractivity contribution >= 4 is 29.4 Å². The molecule has 0 fully saturated rings. The molecule has 0 aliphatic carbocycles. The molecule has 2 amide bonds. The number of rotatable bonds is 8. The Bertz CT molecular complexity index is 748. The van der Waals surface area contributed by atoms with Crippen LogP contribution in [0.4, 0.5) is 0 Å². The van der Waals surface area contributed by atoms with Crippen LogP contribution in [0.3, 0.4) is 0 Å². The molecular weight excluding hydrogens is 356 g/mol. The Kier molecular flexibility index (Phi) is 7.64. The highest BCUT2D eigenvalue weighted by Crippen LogP contribution is 2.09. The van der Waals surface area contributed by atoms with Gasteiger partial charge in [-0.15, -0.1) is 0 Å². The number of nitrogens with one attached hydrogen (secondary N) is 2. The normalized spacial score (nSPS) is 10.0. The van der Waals surface area contributed by atoms with Crippen LogP contribution in [-0.4, -0.2) is 30.9 Å². The molecule has 0 unspecified atom stereocenters. The quantitative estimate of drug-likeness (QED) is 0.694. The van der Waals surface area contributed by atoms with Crippen molar-refractivity contribution in [1.82, 2.24) is 10.6 Å². The summed E-state index contributed by atoms with van der Waals surface area (Å²) in [4.78, 5) is 35.2. The molecular formula is C19H19ClN2O4. The number of ether oxygens (including phenoxy) is 1. The molecule has 0 saturated carbocycles. The molecule has 7 heteroatoms. The van der Waals surface area contributed by atoms with Crippen LogP contribution in [-0.2, 0) is 20.9 Å². The molecule has 0 spiro atoms. The van der Waals surface area contributed by atoms with Gasteiger partial charge in [-0.25, -0.2) is 0 Å². The van der Waals surface area contributed by atoms with Crippen LogP contribution in [0.15, 0.2) is 54.6 Å². The summed E-state index contributed by atoms with van der Waals surface area (Å²) in [6.07, 6.45) is 0.0608. The highest BCUT2D eigenvalue weighted by atomic mass is 35.5. The first-order valence-corrected chi connectivity index (χ1v) is 8.42. The van der Waals surface area contributed by atoms with Gasteiger partial charge in [0.15, 0.2) is 0 Å². The van der Waals surface area contributed by atoms with E-state index in [0.717, 1.165) is 5.56 Å². The highest BCUT2D eigenvalue weighted by Gasteiger charge is 2.09. The van der Waals surface area contributed by atoms with Crippen molar-refractivity contribution in [3.8, 4) is 0 Å². The standard InChI is InChI=1S/C19H19ClN2O4/c20-16-8-6-15(7-9-16)19(25)21-11-10-17(23)22-12-18(24)26-13-14-4-2-1-3-5-14/h1-9H,10-13H2,(H,21,25)(H,22,23). The average Bonchev–Trinajstić information content (AvgIpc) is 2.66. The van der Waals surface area contributed by atoms with Gasteiger partial charge in [-0.3, -0.25) is 14.4 Å². The van der Waals surface area contributed by atoms with E-state index >= 15 is 0 Å². The molecule has 0 heterocycles. The molecule has 2 aromatic carbocycles. The van der Waals surface area contributed by atoms with Crippen LogP contribution in [0.1, 0.15) is 22.3 Å². The maximum atomic E-state index is 11.9. The Hall–Kier alpha value is -2.86. The van der Waals surface area contributed by atoms with Crippen LogP contribution in [0, 0.1) is 0 Å². The third-order valence-electron chi connectivity index (χ3n) is 3.42. The molecule has 0 radical (unpaired) electrons. The minimum Gasteiger partial charge on any atom is -0.460 e. The van der Waals surface area contributed by atoms with Crippen molar-refractivity contribution in [2.45, 2.75) is 13.0 Å². The lowest BCUT2D eigenvalue weighted by Gasteiger charge is -2.08. The number of carbonyl (C=O) groups excluding carboxylic acids is 3. The van der Waals surface area contributed by atoms with Gasteiger partial charge < -0.3 is 15.4 Å². The second kappa shape index (κ2) is 10.2. The third kappa shape index (κ3) is 6.94. The van der Waals surface area contributed by atoms with E-state index in [0.29, 0.717) is 10.6 Å². The van der Waals surface area contributed by atoms with E-state index in [1.165, 1.54) is 0 Å². The van der Waals surface area contributed by atoms with E-state index in [2.05, 4.69) is 10.6 Å². The largest absolute Gasteiger partial charge is 0.460 e. The fraction of sp³-hybridized carbons (Fsp3) is 0.211. The molecule has 0 saturated heterocycles. The van der Waals surface area contributed by atoms with Crippen molar-refractivity contribution in [2.75, 3.05) is 13.1 Å².